The van der Waals surface area contributed by atoms with E-state index in [1.54, 1.807) is 7.11 Å². The van der Waals surface area contributed by atoms with Gasteiger partial charge in [0.25, 0.3) is 0 Å². The first kappa shape index (κ1) is 10.9. The highest BCUT2D eigenvalue weighted by atomic mass is 32.1. The predicted molar refractivity (Wildman–Crippen MR) is 57.9 cm³/mol. The summed E-state index contributed by atoms with van der Waals surface area (Å²) in [6, 6.07) is 0. The van der Waals surface area contributed by atoms with Crippen LogP contribution in [0.2, 0.25) is 0 Å². The van der Waals surface area contributed by atoms with E-state index in [4.69, 9.17) is 4.74 Å². The van der Waals surface area contributed by atoms with Gasteiger partial charge < -0.3 is 4.74 Å². The predicted octanol–water partition coefficient (Wildman–Crippen LogP) is 0.991. The Labute approximate surface area is 95.9 Å². The van der Waals surface area contributed by atoms with Crippen molar-refractivity contribution in [2.24, 2.45) is 0 Å². The molecule has 0 aliphatic carbocycles. The monoisotopic (exact) mass is 238 g/mol. The van der Waals surface area contributed by atoms with Crippen molar-refractivity contribution in [3.63, 3.8) is 0 Å². The molecule has 0 amide bonds. The summed E-state index contributed by atoms with van der Waals surface area (Å²) in [5.74, 6) is 0. The molecule has 0 fully saturated rings. The molecular weight excluding hydrogens is 228 g/mol. The van der Waals surface area contributed by atoms with E-state index >= 15 is 0 Å². The number of carbonyl (C=O) groups is 1. The zero-order valence-electron chi connectivity index (χ0n) is 8.88. The third-order valence-electron chi connectivity index (χ3n) is 1.97. The van der Waals surface area contributed by atoms with Gasteiger partial charge >= 0.3 is 0 Å². The van der Waals surface area contributed by atoms with Crippen molar-refractivity contribution in [1.29, 1.82) is 0 Å². The van der Waals surface area contributed by atoms with Crippen molar-refractivity contribution in [2.75, 3.05) is 7.11 Å². The van der Waals surface area contributed by atoms with Crippen molar-refractivity contribution in [3.05, 3.63) is 22.5 Å². The van der Waals surface area contributed by atoms with Gasteiger partial charge in [0.05, 0.1) is 12.3 Å². The van der Waals surface area contributed by atoms with Crippen LogP contribution in [-0.2, 0) is 11.3 Å². The molecule has 0 aliphatic heterocycles. The number of rotatable bonds is 4. The summed E-state index contributed by atoms with van der Waals surface area (Å²) in [6.07, 6.45) is 0.665. The maximum absolute atomic E-state index is 10.8. The molecule has 16 heavy (non-hydrogen) atoms. The second-order valence-corrected chi connectivity index (χ2v) is 3.99. The van der Waals surface area contributed by atoms with Gasteiger partial charge in [0.1, 0.15) is 5.69 Å². The van der Waals surface area contributed by atoms with Crippen LogP contribution in [0.1, 0.15) is 21.9 Å². The molecule has 84 valence electrons. The number of methoxy groups -OCH3 is 1. The van der Waals surface area contributed by atoms with E-state index in [9.17, 15) is 4.79 Å². The van der Waals surface area contributed by atoms with Gasteiger partial charge in [-0.1, -0.05) is 5.21 Å². The summed E-state index contributed by atoms with van der Waals surface area (Å²) < 4.78 is 6.55. The Hall–Kier alpha value is -1.60. The third-order valence-corrected chi connectivity index (χ3v) is 2.91. The number of ether oxygens (including phenoxy) is 1. The highest BCUT2D eigenvalue weighted by Crippen LogP contribution is 2.17. The van der Waals surface area contributed by atoms with E-state index in [0.29, 0.717) is 17.1 Å². The highest BCUT2D eigenvalue weighted by Gasteiger charge is 2.15. The fourth-order valence-corrected chi connectivity index (χ4v) is 2.04. The van der Waals surface area contributed by atoms with E-state index in [1.165, 1.54) is 16.0 Å². The molecule has 0 radical (unpaired) electrons. The standard InChI is InChI=1S/C9H10N4O2S/c1-6-5-16-9(10-6)13-8(4-15-2)7(3-14)11-12-13/h3,5H,4H2,1-2H3. The molecule has 0 aliphatic rings. The lowest BCUT2D eigenvalue weighted by Crippen LogP contribution is -2.04. The lowest BCUT2D eigenvalue weighted by Gasteiger charge is -2.01. The van der Waals surface area contributed by atoms with Gasteiger partial charge in [0, 0.05) is 12.5 Å². The average molecular weight is 238 g/mol. The van der Waals surface area contributed by atoms with E-state index in [1.807, 2.05) is 12.3 Å². The fraction of sp³-hybridized carbons (Fsp3) is 0.333. The molecule has 0 bridgehead atoms. The molecule has 6 nitrogen and oxygen atoms in total. The SMILES string of the molecule is COCc1c(C=O)nnn1-c1nc(C)cs1. The van der Waals surface area contributed by atoms with E-state index in [0.717, 1.165) is 5.69 Å². The van der Waals surface area contributed by atoms with Gasteiger partial charge in [-0.05, 0) is 6.92 Å². The molecule has 2 rings (SSSR count). The summed E-state index contributed by atoms with van der Waals surface area (Å²) in [6.45, 7) is 2.17. The number of hydrogen-bond donors (Lipinski definition) is 0. The zero-order chi connectivity index (χ0) is 11.5. The molecule has 7 heteroatoms. The highest BCUT2D eigenvalue weighted by molar-refractivity contribution is 7.12. The summed E-state index contributed by atoms with van der Waals surface area (Å²) in [5, 5.41) is 10.3. The molecule has 0 saturated heterocycles. The lowest BCUT2D eigenvalue weighted by molar-refractivity contribution is 0.111. The Kier molecular flexibility index (Phi) is 3.07. The second kappa shape index (κ2) is 4.50. The molecule has 0 saturated carbocycles. The molecular formula is C9H10N4O2S. The number of aryl methyl sites for hydroxylation is 1. The number of nitrogens with zero attached hydrogens (tertiary/aromatic N) is 4. The number of aromatic nitrogens is 4. The number of carbonyl (C=O) groups excluding carboxylic acids is 1. The van der Waals surface area contributed by atoms with E-state index in [2.05, 4.69) is 15.3 Å². The summed E-state index contributed by atoms with van der Waals surface area (Å²) in [7, 11) is 1.55. The smallest absolute Gasteiger partial charge is 0.212 e. The Balaban J connectivity index is 2.47. The van der Waals surface area contributed by atoms with Gasteiger partial charge in [0.15, 0.2) is 12.0 Å². The van der Waals surface area contributed by atoms with Crippen LogP contribution in [-0.4, -0.2) is 33.4 Å². The minimum Gasteiger partial charge on any atom is -0.378 e. The van der Waals surface area contributed by atoms with Crippen LogP contribution in [0.5, 0.6) is 0 Å². The van der Waals surface area contributed by atoms with Gasteiger partial charge in [-0.3, -0.25) is 4.79 Å². The molecule has 2 heterocycles. The summed E-state index contributed by atoms with van der Waals surface area (Å²) in [4.78, 5) is 15.0. The molecule has 0 spiro atoms. The molecule has 0 atom stereocenters. The van der Waals surface area contributed by atoms with Gasteiger partial charge in [-0.25, -0.2) is 4.98 Å². The molecule has 2 aromatic heterocycles. The minimum atomic E-state index is 0.277. The van der Waals surface area contributed by atoms with Crippen LogP contribution in [0.3, 0.4) is 0 Å². The average Bonchev–Trinajstić information content (AvgIpc) is 2.85. The van der Waals surface area contributed by atoms with Gasteiger partial charge in [-0.2, -0.15) is 4.68 Å². The summed E-state index contributed by atoms with van der Waals surface area (Å²) in [5.41, 5.74) is 1.81. The van der Waals surface area contributed by atoms with Crippen LogP contribution in [0.15, 0.2) is 5.38 Å². The Morgan fingerprint density at radius 1 is 1.62 bits per heavy atom. The second-order valence-electron chi connectivity index (χ2n) is 3.16. The van der Waals surface area contributed by atoms with Crippen molar-refractivity contribution >= 4 is 17.6 Å². The maximum atomic E-state index is 10.8. The molecule has 0 aromatic carbocycles. The van der Waals surface area contributed by atoms with Crippen LogP contribution in [0.4, 0.5) is 0 Å². The topological polar surface area (TPSA) is 69.9 Å². The van der Waals surface area contributed by atoms with Crippen molar-refractivity contribution in [3.8, 4) is 5.13 Å². The van der Waals surface area contributed by atoms with Crippen molar-refractivity contribution < 1.29 is 9.53 Å². The quantitative estimate of drug-likeness (QED) is 0.743. The van der Waals surface area contributed by atoms with Crippen LogP contribution >= 0.6 is 11.3 Å². The number of aldehydes is 1. The minimum absolute atomic E-state index is 0.277. The van der Waals surface area contributed by atoms with E-state index in [-0.39, 0.29) is 12.3 Å². The number of hydrogen-bond acceptors (Lipinski definition) is 6. The molecule has 0 N–H and O–H groups in total. The Bertz CT molecular complexity index is 505. The van der Waals surface area contributed by atoms with Crippen LogP contribution < -0.4 is 0 Å². The number of thiazole rings is 1. The summed E-state index contributed by atoms with van der Waals surface area (Å²) >= 11 is 1.44. The normalized spacial score (nSPS) is 10.6. The third kappa shape index (κ3) is 1.86. The maximum Gasteiger partial charge on any atom is 0.212 e. The van der Waals surface area contributed by atoms with Crippen molar-refractivity contribution in [1.82, 2.24) is 20.0 Å². The first-order valence-corrected chi connectivity index (χ1v) is 5.45. The first-order chi connectivity index (χ1) is 7.76. The first-order valence-electron chi connectivity index (χ1n) is 4.57. The molecule has 0 unspecified atom stereocenters. The van der Waals surface area contributed by atoms with Crippen molar-refractivity contribution in [2.45, 2.75) is 13.5 Å². The van der Waals surface area contributed by atoms with Crippen LogP contribution in [0, 0.1) is 6.92 Å². The Morgan fingerprint density at radius 2 is 2.44 bits per heavy atom. The van der Waals surface area contributed by atoms with Gasteiger partial charge in [-0.15, -0.1) is 16.4 Å². The lowest BCUT2D eigenvalue weighted by atomic mass is 10.3. The largest absolute Gasteiger partial charge is 0.378 e. The Morgan fingerprint density at radius 3 is 3.00 bits per heavy atom. The van der Waals surface area contributed by atoms with Crippen LogP contribution in [0.25, 0.3) is 5.13 Å². The fourth-order valence-electron chi connectivity index (χ4n) is 1.27. The molecule has 2 aromatic rings. The van der Waals surface area contributed by atoms with E-state index < -0.39 is 0 Å². The zero-order valence-corrected chi connectivity index (χ0v) is 9.69. The van der Waals surface area contributed by atoms with Gasteiger partial charge in [0.2, 0.25) is 5.13 Å².